The summed E-state index contributed by atoms with van der Waals surface area (Å²) >= 11 is 0. The van der Waals surface area contributed by atoms with Crippen molar-refractivity contribution in [1.82, 2.24) is 5.32 Å². The number of rotatable bonds is 1. The fourth-order valence-electron chi connectivity index (χ4n) is 6.52. The summed E-state index contributed by atoms with van der Waals surface area (Å²) in [6.45, 7) is 5.46. The number of nitrogens with one attached hydrogen (secondary N) is 1. The van der Waals surface area contributed by atoms with Crippen LogP contribution < -0.4 is 5.32 Å². The summed E-state index contributed by atoms with van der Waals surface area (Å²) in [6, 6.07) is -0.717. The van der Waals surface area contributed by atoms with Crippen LogP contribution in [0.4, 0.5) is 0 Å². The van der Waals surface area contributed by atoms with E-state index in [0.29, 0.717) is 38.1 Å². The molecule has 1 aliphatic heterocycles. The van der Waals surface area contributed by atoms with Crippen molar-refractivity contribution in [2.24, 2.45) is 28.6 Å². The van der Waals surface area contributed by atoms with Crippen LogP contribution in [0.2, 0.25) is 0 Å². The molecule has 0 aromatic heterocycles. The van der Waals surface area contributed by atoms with Crippen LogP contribution >= 0.6 is 0 Å². The molecule has 8 heteroatoms. The van der Waals surface area contributed by atoms with Gasteiger partial charge < -0.3 is 24.3 Å². The molecule has 174 valence electrons. The van der Waals surface area contributed by atoms with E-state index < -0.39 is 22.8 Å². The molecule has 2 unspecified atom stereocenters. The molecule has 3 atom stereocenters. The largest absolute Gasteiger partial charge is 0.463 e. The van der Waals surface area contributed by atoms with E-state index in [-0.39, 0.29) is 37.6 Å². The van der Waals surface area contributed by atoms with Gasteiger partial charge in [-0.3, -0.25) is 9.59 Å². The van der Waals surface area contributed by atoms with E-state index in [1.54, 1.807) is 0 Å². The molecule has 5 fully saturated rings. The molecule has 4 bridgehead atoms. The van der Waals surface area contributed by atoms with Crippen LogP contribution in [0.1, 0.15) is 52.4 Å². The van der Waals surface area contributed by atoms with E-state index in [2.05, 4.69) is 5.32 Å². The third-order valence-corrected chi connectivity index (χ3v) is 7.49. The van der Waals surface area contributed by atoms with E-state index in [4.69, 9.17) is 18.9 Å². The summed E-state index contributed by atoms with van der Waals surface area (Å²) in [5, 5.41) is 3.00. The van der Waals surface area contributed by atoms with Gasteiger partial charge in [0.15, 0.2) is 0 Å². The van der Waals surface area contributed by atoms with Crippen molar-refractivity contribution in [2.75, 3.05) is 39.6 Å². The van der Waals surface area contributed by atoms with Gasteiger partial charge in [0.25, 0.3) is 0 Å². The van der Waals surface area contributed by atoms with Crippen LogP contribution in [-0.4, -0.2) is 63.5 Å². The van der Waals surface area contributed by atoms with Crippen molar-refractivity contribution in [3.63, 3.8) is 0 Å². The Kier molecular flexibility index (Phi) is 6.58. The lowest BCUT2D eigenvalue weighted by Gasteiger charge is -2.60. The molecular formula is C23H35NO7. The maximum Gasteiger partial charge on any atom is 0.328 e. The Bertz CT molecular complexity index is 692. The number of carbonyl (C=O) groups excluding carboxylic acids is 3. The Labute approximate surface area is 183 Å². The summed E-state index contributed by atoms with van der Waals surface area (Å²) < 4.78 is 21.9. The van der Waals surface area contributed by atoms with Gasteiger partial charge in [-0.05, 0) is 56.3 Å². The second-order valence-corrected chi connectivity index (χ2v) is 10.2. The van der Waals surface area contributed by atoms with Gasteiger partial charge in [-0.25, -0.2) is 4.79 Å². The summed E-state index contributed by atoms with van der Waals surface area (Å²) in [6.07, 6.45) is 4.72. The van der Waals surface area contributed by atoms with Gasteiger partial charge in [-0.1, -0.05) is 13.8 Å². The Morgan fingerprint density at radius 3 is 1.97 bits per heavy atom. The zero-order valence-corrected chi connectivity index (χ0v) is 18.7. The SMILES string of the molecule is CC(C)[C@@H]1NC(=O)C23CC4CC(C2)CC(C4)(C3)C(=O)OCCOCCOCCOC1=O. The summed E-state index contributed by atoms with van der Waals surface area (Å²) in [5.74, 6) is -0.159. The topological polar surface area (TPSA) is 100 Å². The maximum atomic E-state index is 13.6. The highest BCUT2D eigenvalue weighted by molar-refractivity contribution is 5.90. The smallest absolute Gasteiger partial charge is 0.328 e. The lowest BCUT2D eigenvalue weighted by Crippen LogP contribution is -2.61. The van der Waals surface area contributed by atoms with E-state index in [0.717, 1.165) is 32.1 Å². The van der Waals surface area contributed by atoms with Gasteiger partial charge in [0.1, 0.15) is 19.3 Å². The van der Waals surface area contributed by atoms with Crippen molar-refractivity contribution >= 4 is 17.8 Å². The molecule has 2 spiro atoms. The molecule has 0 radical (unpaired) electrons. The molecule has 31 heavy (non-hydrogen) atoms. The van der Waals surface area contributed by atoms with Gasteiger partial charge in [0, 0.05) is 0 Å². The Morgan fingerprint density at radius 2 is 1.35 bits per heavy atom. The molecule has 5 rings (SSSR count). The Balaban J connectivity index is 1.56. The predicted molar refractivity (Wildman–Crippen MR) is 110 cm³/mol. The first-order chi connectivity index (χ1) is 14.8. The molecular weight excluding hydrogens is 402 g/mol. The number of cyclic esters (lactones) is 2. The van der Waals surface area contributed by atoms with Gasteiger partial charge >= 0.3 is 11.9 Å². The van der Waals surface area contributed by atoms with Crippen LogP contribution in [0, 0.1) is 28.6 Å². The van der Waals surface area contributed by atoms with Crippen LogP contribution in [0.15, 0.2) is 0 Å². The standard InChI is InChI=1S/C23H35NO7/c1-15(2)18-19(25)30-7-5-28-3-4-29-6-8-31-21(27)23-12-16-9-17(13-23)11-22(10-16,14-23)20(26)24-18/h15-18H,3-14H2,1-2H3,(H,24,26)/t16?,17?,18-,22?,23?/m0/s1. The van der Waals surface area contributed by atoms with Crippen LogP contribution in [0.25, 0.3) is 0 Å². The highest BCUT2D eigenvalue weighted by Gasteiger charge is 2.64. The third-order valence-electron chi connectivity index (χ3n) is 7.49. The number of esters is 2. The summed E-state index contributed by atoms with van der Waals surface area (Å²) in [5.41, 5.74) is -1.20. The first-order valence-corrected chi connectivity index (χ1v) is 11.6. The van der Waals surface area contributed by atoms with Crippen LogP contribution in [0.5, 0.6) is 0 Å². The molecule has 0 aromatic carbocycles. The van der Waals surface area contributed by atoms with E-state index >= 15 is 0 Å². The first kappa shape index (κ1) is 22.5. The lowest BCUT2D eigenvalue weighted by atomic mass is 9.44. The fraction of sp³-hybridized carbons (Fsp3) is 0.870. The number of hydrogen-bond donors (Lipinski definition) is 1. The number of hydrogen-bond acceptors (Lipinski definition) is 7. The minimum Gasteiger partial charge on any atom is -0.463 e. The van der Waals surface area contributed by atoms with Gasteiger partial charge in [-0.2, -0.15) is 0 Å². The molecule has 1 amide bonds. The third kappa shape index (κ3) is 4.60. The van der Waals surface area contributed by atoms with Crippen molar-refractivity contribution in [3.8, 4) is 0 Å². The molecule has 1 saturated heterocycles. The quantitative estimate of drug-likeness (QED) is 0.625. The normalized spacial score (nSPS) is 40.0. The van der Waals surface area contributed by atoms with E-state index in [1.807, 2.05) is 13.8 Å². The highest BCUT2D eigenvalue weighted by Crippen LogP contribution is 2.65. The van der Waals surface area contributed by atoms with Crippen LogP contribution in [0.3, 0.4) is 0 Å². The minimum atomic E-state index is -0.717. The first-order valence-electron chi connectivity index (χ1n) is 11.6. The maximum absolute atomic E-state index is 13.6. The summed E-state index contributed by atoms with van der Waals surface area (Å²) in [7, 11) is 0. The average molecular weight is 438 g/mol. The van der Waals surface area contributed by atoms with Gasteiger partial charge in [-0.15, -0.1) is 0 Å². The molecule has 0 aromatic rings. The Hall–Kier alpha value is -1.67. The molecule has 1 heterocycles. The molecule has 8 nitrogen and oxygen atoms in total. The van der Waals surface area contributed by atoms with Crippen molar-refractivity contribution in [2.45, 2.75) is 58.4 Å². The predicted octanol–water partition coefficient (Wildman–Crippen LogP) is 1.85. The van der Waals surface area contributed by atoms with Crippen LogP contribution in [-0.2, 0) is 33.3 Å². The zero-order chi connectivity index (χ0) is 22.1. The zero-order valence-electron chi connectivity index (χ0n) is 18.7. The fourth-order valence-corrected chi connectivity index (χ4v) is 6.52. The average Bonchev–Trinajstić information content (AvgIpc) is 2.70. The van der Waals surface area contributed by atoms with E-state index in [9.17, 15) is 14.4 Å². The minimum absolute atomic E-state index is 0.107. The highest BCUT2D eigenvalue weighted by atomic mass is 16.6. The Morgan fingerprint density at radius 1 is 0.806 bits per heavy atom. The number of carbonyl (C=O) groups is 3. The van der Waals surface area contributed by atoms with Crippen molar-refractivity contribution < 1.29 is 33.3 Å². The molecule has 4 aliphatic carbocycles. The van der Waals surface area contributed by atoms with Crippen molar-refractivity contribution in [1.29, 1.82) is 0 Å². The van der Waals surface area contributed by atoms with Gasteiger partial charge in [0.05, 0.1) is 37.3 Å². The van der Waals surface area contributed by atoms with Crippen molar-refractivity contribution in [3.05, 3.63) is 0 Å². The monoisotopic (exact) mass is 437 g/mol. The second-order valence-electron chi connectivity index (χ2n) is 10.2. The second kappa shape index (κ2) is 9.06. The molecule has 4 saturated carbocycles. The number of ether oxygens (including phenoxy) is 4. The number of amides is 1. The summed E-state index contributed by atoms with van der Waals surface area (Å²) in [4.78, 5) is 39.4. The van der Waals surface area contributed by atoms with E-state index in [1.165, 1.54) is 0 Å². The molecule has 5 aliphatic rings. The molecule has 1 N–H and O–H groups in total. The van der Waals surface area contributed by atoms with Gasteiger partial charge in [0.2, 0.25) is 5.91 Å². The lowest BCUT2D eigenvalue weighted by molar-refractivity contribution is -0.186.